The lowest BCUT2D eigenvalue weighted by Gasteiger charge is -2.05. The number of rotatable bonds is 9. The normalized spacial score (nSPS) is 11.4. The van der Waals surface area contributed by atoms with E-state index in [-0.39, 0.29) is 17.3 Å². The molecule has 0 aliphatic heterocycles. The van der Waals surface area contributed by atoms with Crippen molar-refractivity contribution < 1.29 is 17.4 Å². The predicted octanol–water partition coefficient (Wildman–Crippen LogP) is 2.93. The number of Topliss-reactive ketones (excluding diaryl/α,β-unsaturated/α-hetero) is 1. The molecule has 0 unspecified atom stereocenters. The van der Waals surface area contributed by atoms with Crippen LogP contribution in [-0.4, -0.2) is 20.8 Å². The Morgan fingerprint density at radius 1 is 1.11 bits per heavy atom. The van der Waals surface area contributed by atoms with Crippen LogP contribution in [0.15, 0.2) is 35.2 Å². The van der Waals surface area contributed by atoms with Crippen LogP contribution in [-0.2, 0) is 19.1 Å². The highest BCUT2D eigenvalue weighted by atomic mass is 32.2. The summed E-state index contributed by atoms with van der Waals surface area (Å²) in [5.41, 5.74) is 0. The summed E-state index contributed by atoms with van der Waals surface area (Å²) in [7, 11) is -3.81. The van der Waals surface area contributed by atoms with Gasteiger partial charge in [-0.05, 0) is 18.6 Å². The standard InChI is InChI=1S/C14H20O4S/c1-2-3-4-6-9-13(15)12-18-19(16,17)14-10-7-5-8-11-14/h5,7-8,10-11H,2-4,6,9,12H2,1H3. The summed E-state index contributed by atoms with van der Waals surface area (Å²) in [6, 6.07) is 7.84. The van der Waals surface area contributed by atoms with Gasteiger partial charge in [-0.3, -0.25) is 8.98 Å². The summed E-state index contributed by atoms with van der Waals surface area (Å²) < 4.78 is 28.2. The van der Waals surface area contributed by atoms with Crippen molar-refractivity contribution in [3.05, 3.63) is 30.3 Å². The zero-order valence-corrected chi connectivity index (χ0v) is 12.0. The molecule has 0 aliphatic rings. The van der Waals surface area contributed by atoms with E-state index in [1.165, 1.54) is 12.1 Å². The van der Waals surface area contributed by atoms with Crippen LogP contribution in [0.4, 0.5) is 0 Å². The summed E-state index contributed by atoms with van der Waals surface area (Å²) in [6.45, 7) is 1.72. The van der Waals surface area contributed by atoms with E-state index in [1.807, 2.05) is 0 Å². The average molecular weight is 284 g/mol. The first kappa shape index (κ1) is 15.9. The Balaban J connectivity index is 2.37. The van der Waals surface area contributed by atoms with Gasteiger partial charge >= 0.3 is 0 Å². The van der Waals surface area contributed by atoms with E-state index in [9.17, 15) is 13.2 Å². The van der Waals surface area contributed by atoms with Crippen molar-refractivity contribution in [1.82, 2.24) is 0 Å². The molecule has 0 radical (unpaired) electrons. The van der Waals surface area contributed by atoms with Gasteiger partial charge in [0.25, 0.3) is 10.1 Å². The quantitative estimate of drug-likeness (QED) is 0.516. The molecule has 5 heteroatoms. The smallest absolute Gasteiger partial charge is 0.297 e. The van der Waals surface area contributed by atoms with Crippen LogP contribution in [0.5, 0.6) is 0 Å². The third-order valence-corrected chi connectivity index (χ3v) is 3.99. The topological polar surface area (TPSA) is 60.4 Å². The average Bonchev–Trinajstić information content (AvgIpc) is 2.42. The molecular formula is C14H20O4S. The van der Waals surface area contributed by atoms with Crippen LogP contribution in [0.3, 0.4) is 0 Å². The minimum atomic E-state index is -3.81. The molecule has 1 rings (SSSR count). The number of benzene rings is 1. The maximum Gasteiger partial charge on any atom is 0.297 e. The molecule has 19 heavy (non-hydrogen) atoms. The van der Waals surface area contributed by atoms with Gasteiger partial charge in [-0.2, -0.15) is 8.42 Å². The fraction of sp³-hybridized carbons (Fsp3) is 0.500. The number of hydrogen-bond acceptors (Lipinski definition) is 4. The fourth-order valence-electron chi connectivity index (χ4n) is 1.62. The molecule has 0 fully saturated rings. The maximum absolute atomic E-state index is 11.7. The second kappa shape index (κ2) is 8.07. The van der Waals surface area contributed by atoms with Gasteiger partial charge in [0.1, 0.15) is 6.61 Å². The molecule has 0 saturated carbocycles. The third kappa shape index (κ3) is 5.98. The summed E-state index contributed by atoms with van der Waals surface area (Å²) in [6.07, 6.45) is 4.36. The Morgan fingerprint density at radius 2 is 1.79 bits per heavy atom. The third-order valence-electron chi connectivity index (χ3n) is 2.72. The van der Waals surface area contributed by atoms with Crippen molar-refractivity contribution in [1.29, 1.82) is 0 Å². The molecule has 0 N–H and O–H groups in total. The highest BCUT2D eigenvalue weighted by Gasteiger charge is 2.16. The van der Waals surface area contributed by atoms with Crippen molar-refractivity contribution in [2.24, 2.45) is 0 Å². The van der Waals surface area contributed by atoms with Crippen LogP contribution in [0, 0.1) is 0 Å². The number of carbonyl (C=O) groups is 1. The van der Waals surface area contributed by atoms with Crippen LogP contribution < -0.4 is 0 Å². The second-order valence-corrected chi connectivity index (χ2v) is 5.99. The molecule has 0 atom stereocenters. The lowest BCUT2D eigenvalue weighted by atomic mass is 10.1. The highest BCUT2D eigenvalue weighted by molar-refractivity contribution is 7.86. The Labute approximate surface area is 114 Å². The lowest BCUT2D eigenvalue weighted by Crippen LogP contribution is -2.14. The zero-order valence-electron chi connectivity index (χ0n) is 11.2. The molecule has 106 valence electrons. The van der Waals surface area contributed by atoms with Crippen LogP contribution >= 0.6 is 0 Å². The molecular weight excluding hydrogens is 264 g/mol. The predicted molar refractivity (Wildman–Crippen MR) is 73.3 cm³/mol. The monoisotopic (exact) mass is 284 g/mol. The van der Waals surface area contributed by atoms with E-state index in [0.717, 1.165) is 25.7 Å². The van der Waals surface area contributed by atoms with E-state index in [1.54, 1.807) is 18.2 Å². The molecule has 1 aromatic rings. The summed E-state index contributed by atoms with van der Waals surface area (Å²) in [4.78, 5) is 11.6. The molecule has 0 aliphatic carbocycles. The number of unbranched alkanes of at least 4 members (excludes halogenated alkanes) is 3. The van der Waals surface area contributed by atoms with E-state index in [2.05, 4.69) is 6.92 Å². The van der Waals surface area contributed by atoms with Crippen molar-refractivity contribution in [2.45, 2.75) is 43.9 Å². The largest absolute Gasteiger partial charge is 0.297 e. The molecule has 0 heterocycles. The zero-order chi connectivity index (χ0) is 14.1. The van der Waals surface area contributed by atoms with Crippen molar-refractivity contribution >= 4 is 15.9 Å². The molecule has 0 amide bonds. The van der Waals surface area contributed by atoms with Gasteiger partial charge in [0.2, 0.25) is 0 Å². The number of hydrogen-bond donors (Lipinski definition) is 0. The lowest BCUT2D eigenvalue weighted by molar-refractivity contribution is -0.121. The molecule has 0 spiro atoms. The van der Waals surface area contributed by atoms with Crippen LogP contribution in [0.1, 0.15) is 39.0 Å². The van der Waals surface area contributed by atoms with Gasteiger partial charge in [-0.15, -0.1) is 0 Å². The SMILES string of the molecule is CCCCCCC(=O)COS(=O)(=O)c1ccccc1. The molecule has 0 aromatic heterocycles. The first-order valence-corrected chi connectivity index (χ1v) is 7.93. The molecule has 0 bridgehead atoms. The van der Waals surface area contributed by atoms with Gasteiger partial charge in [-0.1, -0.05) is 44.4 Å². The van der Waals surface area contributed by atoms with Crippen molar-refractivity contribution in [3.8, 4) is 0 Å². The van der Waals surface area contributed by atoms with Gasteiger partial charge < -0.3 is 0 Å². The van der Waals surface area contributed by atoms with Crippen LogP contribution in [0.25, 0.3) is 0 Å². The van der Waals surface area contributed by atoms with E-state index in [4.69, 9.17) is 4.18 Å². The van der Waals surface area contributed by atoms with Gasteiger partial charge in [0, 0.05) is 6.42 Å². The molecule has 0 saturated heterocycles. The van der Waals surface area contributed by atoms with E-state index < -0.39 is 10.1 Å². The molecule has 1 aromatic carbocycles. The van der Waals surface area contributed by atoms with Gasteiger partial charge in [0.15, 0.2) is 5.78 Å². The Hall–Kier alpha value is -1.20. The highest BCUT2D eigenvalue weighted by Crippen LogP contribution is 2.11. The molecule has 4 nitrogen and oxygen atoms in total. The van der Waals surface area contributed by atoms with Crippen molar-refractivity contribution in [2.75, 3.05) is 6.61 Å². The second-order valence-electron chi connectivity index (χ2n) is 4.38. The minimum Gasteiger partial charge on any atom is -0.297 e. The number of ketones is 1. The Kier molecular flexibility index (Phi) is 6.73. The first-order valence-electron chi connectivity index (χ1n) is 6.52. The van der Waals surface area contributed by atoms with Crippen LogP contribution in [0.2, 0.25) is 0 Å². The van der Waals surface area contributed by atoms with Gasteiger partial charge in [-0.25, -0.2) is 0 Å². The summed E-state index contributed by atoms with van der Waals surface area (Å²) in [5, 5.41) is 0. The van der Waals surface area contributed by atoms with Crippen molar-refractivity contribution in [3.63, 3.8) is 0 Å². The fourth-order valence-corrected chi connectivity index (χ4v) is 2.53. The Bertz CT molecular complexity index is 479. The van der Waals surface area contributed by atoms with E-state index in [0.29, 0.717) is 6.42 Å². The minimum absolute atomic E-state index is 0.0776. The summed E-state index contributed by atoms with van der Waals surface area (Å²) in [5.74, 6) is -0.171. The van der Waals surface area contributed by atoms with Gasteiger partial charge in [0.05, 0.1) is 4.90 Å². The first-order chi connectivity index (χ1) is 9.06. The van der Waals surface area contributed by atoms with E-state index >= 15 is 0 Å². The summed E-state index contributed by atoms with van der Waals surface area (Å²) >= 11 is 0. The maximum atomic E-state index is 11.7. The number of carbonyl (C=O) groups excluding carboxylic acids is 1. The Morgan fingerprint density at radius 3 is 2.42 bits per heavy atom.